The Bertz CT molecular complexity index is 576. The van der Waals surface area contributed by atoms with Crippen molar-refractivity contribution in [3.05, 3.63) is 29.6 Å². The molecule has 0 bridgehead atoms. The number of hydrogen-bond acceptors (Lipinski definition) is 4. The molecule has 7 heteroatoms. The summed E-state index contributed by atoms with van der Waals surface area (Å²) in [6.45, 7) is 3.09. The highest BCUT2D eigenvalue weighted by Crippen LogP contribution is 2.22. The van der Waals surface area contributed by atoms with Gasteiger partial charge in [0.05, 0.1) is 12.2 Å². The number of nitrogens with two attached hydrogens (primary N) is 1. The fraction of sp³-hybridized carbons (Fsp3) is 0.643. The van der Waals surface area contributed by atoms with E-state index in [2.05, 4.69) is 4.98 Å². The molecule has 1 fully saturated rings. The number of aromatic nitrogens is 1. The average Bonchev–Trinajstić information content (AvgIpc) is 2.47. The second-order valence-electron chi connectivity index (χ2n) is 5.53. The fourth-order valence-electron chi connectivity index (χ4n) is 2.69. The van der Waals surface area contributed by atoms with Crippen molar-refractivity contribution < 1.29 is 8.42 Å². The zero-order valence-electron chi connectivity index (χ0n) is 12.7. The van der Waals surface area contributed by atoms with Gasteiger partial charge >= 0.3 is 0 Å². The minimum atomic E-state index is -3.49. The van der Waals surface area contributed by atoms with Crippen molar-refractivity contribution in [2.24, 2.45) is 5.73 Å². The number of piperidine rings is 1. The van der Waals surface area contributed by atoms with E-state index < -0.39 is 10.2 Å². The molecular weight excluding hydrogens is 288 g/mol. The third-order valence-corrected chi connectivity index (χ3v) is 5.86. The Balaban J connectivity index is 2.14. The van der Waals surface area contributed by atoms with Gasteiger partial charge in [-0.1, -0.05) is 12.5 Å². The Morgan fingerprint density at radius 1 is 1.43 bits per heavy atom. The molecule has 21 heavy (non-hydrogen) atoms. The van der Waals surface area contributed by atoms with Crippen LogP contribution in [0.3, 0.4) is 0 Å². The summed E-state index contributed by atoms with van der Waals surface area (Å²) in [6.07, 6.45) is 2.77. The summed E-state index contributed by atoms with van der Waals surface area (Å²) in [6, 6.07) is 5.54. The van der Waals surface area contributed by atoms with Gasteiger partial charge in [0, 0.05) is 31.9 Å². The quantitative estimate of drug-likeness (QED) is 0.875. The Labute approximate surface area is 127 Å². The van der Waals surface area contributed by atoms with E-state index in [0.29, 0.717) is 13.1 Å². The smallest absolute Gasteiger partial charge is 0.282 e. The van der Waals surface area contributed by atoms with Crippen LogP contribution in [0.15, 0.2) is 18.2 Å². The number of rotatable bonds is 5. The molecule has 0 aromatic carbocycles. The highest BCUT2D eigenvalue weighted by atomic mass is 32.2. The molecule has 0 radical (unpaired) electrons. The van der Waals surface area contributed by atoms with Crippen molar-refractivity contribution in [3.8, 4) is 0 Å². The summed E-state index contributed by atoms with van der Waals surface area (Å²) < 4.78 is 28.3. The SMILES string of the molecule is Cc1cccc(CN(C)S(=O)(=O)N2CCCCC2CN)n1. The molecule has 0 saturated carbocycles. The van der Waals surface area contributed by atoms with Gasteiger partial charge in [-0.3, -0.25) is 4.98 Å². The highest BCUT2D eigenvalue weighted by Gasteiger charge is 2.34. The van der Waals surface area contributed by atoms with E-state index in [-0.39, 0.29) is 12.6 Å². The maximum Gasteiger partial charge on any atom is 0.282 e. The van der Waals surface area contributed by atoms with Gasteiger partial charge < -0.3 is 5.73 Å². The molecule has 2 heterocycles. The van der Waals surface area contributed by atoms with Crippen LogP contribution in [-0.2, 0) is 16.8 Å². The van der Waals surface area contributed by atoms with Gasteiger partial charge in [-0.05, 0) is 31.9 Å². The summed E-state index contributed by atoms with van der Waals surface area (Å²) in [7, 11) is -1.89. The van der Waals surface area contributed by atoms with Crippen molar-refractivity contribution >= 4 is 10.2 Å². The maximum atomic E-state index is 12.7. The third kappa shape index (κ3) is 3.79. The van der Waals surface area contributed by atoms with Crippen LogP contribution < -0.4 is 5.73 Å². The standard InChI is InChI=1S/C14H24N4O2S/c1-12-6-5-7-13(16-12)11-17(2)21(19,20)18-9-4-3-8-14(18)10-15/h5-7,14H,3-4,8-11,15H2,1-2H3. The van der Waals surface area contributed by atoms with E-state index in [0.717, 1.165) is 30.7 Å². The van der Waals surface area contributed by atoms with Crippen LogP contribution in [-0.4, -0.2) is 48.2 Å². The number of nitrogens with zero attached hydrogens (tertiary/aromatic N) is 3. The van der Waals surface area contributed by atoms with Crippen molar-refractivity contribution in [2.45, 2.75) is 38.8 Å². The number of aryl methyl sites for hydroxylation is 1. The zero-order chi connectivity index (χ0) is 15.5. The van der Waals surface area contributed by atoms with E-state index in [1.54, 1.807) is 11.4 Å². The topological polar surface area (TPSA) is 79.5 Å². The predicted molar refractivity (Wildman–Crippen MR) is 82.8 cm³/mol. The lowest BCUT2D eigenvalue weighted by molar-refractivity contribution is 0.239. The summed E-state index contributed by atoms with van der Waals surface area (Å²) in [5, 5.41) is 0. The monoisotopic (exact) mass is 312 g/mol. The largest absolute Gasteiger partial charge is 0.329 e. The first kappa shape index (κ1) is 16.4. The maximum absolute atomic E-state index is 12.7. The van der Waals surface area contributed by atoms with E-state index in [9.17, 15) is 8.42 Å². The molecule has 2 N–H and O–H groups in total. The van der Waals surface area contributed by atoms with Gasteiger partial charge in [0.1, 0.15) is 0 Å². The summed E-state index contributed by atoms with van der Waals surface area (Å²) in [5.41, 5.74) is 7.36. The molecule has 1 saturated heterocycles. The van der Waals surface area contributed by atoms with Crippen molar-refractivity contribution in [3.63, 3.8) is 0 Å². The second kappa shape index (κ2) is 6.83. The Morgan fingerprint density at radius 3 is 2.86 bits per heavy atom. The van der Waals surface area contributed by atoms with Crippen LogP contribution in [0.4, 0.5) is 0 Å². The lowest BCUT2D eigenvalue weighted by Gasteiger charge is -2.36. The van der Waals surface area contributed by atoms with Crippen LogP contribution in [0, 0.1) is 6.92 Å². The van der Waals surface area contributed by atoms with Crippen LogP contribution in [0.25, 0.3) is 0 Å². The van der Waals surface area contributed by atoms with Crippen LogP contribution >= 0.6 is 0 Å². The first-order valence-electron chi connectivity index (χ1n) is 7.31. The number of pyridine rings is 1. The van der Waals surface area contributed by atoms with Gasteiger partial charge in [0.2, 0.25) is 0 Å². The molecule has 0 spiro atoms. The van der Waals surface area contributed by atoms with E-state index in [1.807, 2.05) is 25.1 Å². The molecule has 6 nitrogen and oxygen atoms in total. The van der Waals surface area contributed by atoms with Crippen LogP contribution in [0.1, 0.15) is 30.7 Å². The molecule has 1 atom stereocenters. The minimum absolute atomic E-state index is 0.0864. The molecule has 2 rings (SSSR count). The van der Waals surface area contributed by atoms with Gasteiger partial charge in [0.25, 0.3) is 10.2 Å². The Kier molecular flexibility index (Phi) is 5.32. The van der Waals surface area contributed by atoms with E-state index in [4.69, 9.17) is 5.73 Å². The zero-order valence-corrected chi connectivity index (χ0v) is 13.5. The Morgan fingerprint density at radius 2 is 2.19 bits per heavy atom. The molecule has 1 aliphatic rings. The van der Waals surface area contributed by atoms with Crippen molar-refractivity contribution in [1.29, 1.82) is 0 Å². The predicted octanol–water partition coefficient (Wildman–Crippen LogP) is 0.880. The Hall–Kier alpha value is -1.02. The second-order valence-corrected chi connectivity index (χ2v) is 7.52. The number of hydrogen-bond donors (Lipinski definition) is 1. The van der Waals surface area contributed by atoms with Crippen molar-refractivity contribution in [2.75, 3.05) is 20.1 Å². The molecule has 118 valence electrons. The van der Waals surface area contributed by atoms with Crippen LogP contribution in [0.2, 0.25) is 0 Å². The summed E-state index contributed by atoms with van der Waals surface area (Å²) >= 11 is 0. The first-order valence-corrected chi connectivity index (χ1v) is 8.70. The van der Waals surface area contributed by atoms with E-state index >= 15 is 0 Å². The van der Waals surface area contributed by atoms with Crippen molar-refractivity contribution in [1.82, 2.24) is 13.6 Å². The highest BCUT2D eigenvalue weighted by molar-refractivity contribution is 7.86. The van der Waals surface area contributed by atoms with Crippen LogP contribution in [0.5, 0.6) is 0 Å². The van der Waals surface area contributed by atoms with E-state index in [1.165, 1.54) is 4.31 Å². The molecular formula is C14H24N4O2S. The van der Waals surface area contributed by atoms with Gasteiger partial charge in [-0.2, -0.15) is 17.0 Å². The van der Waals surface area contributed by atoms with Gasteiger partial charge in [-0.15, -0.1) is 0 Å². The molecule has 0 aliphatic carbocycles. The minimum Gasteiger partial charge on any atom is -0.329 e. The molecule has 1 aromatic heterocycles. The molecule has 1 aliphatic heterocycles. The molecule has 0 amide bonds. The summed E-state index contributed by atoms with van der Waals surface area (Å²) in [4.78, 5) is 4.36. The average molecular weight is 312 g/mol. The normalized spacial score (nSPS) is 20.9. The lowest BCUT2D eigenvalue weighted by Crippen LogP contribution is -2.51. The molecule has 1 aromatic rings. The lowest BCUT2D eigenvalue weighted by atomic mass is 10.1. The molecule has 1 unspecified atom stereocenters. The first-order chi connectivity index (χ1) is 9.95. The fourth-order valence-corrected chi connectivity index (χ4v) is 4.27. The van der Waals surface area contributed by atoms with Gasteiger partial charge in [0.15, 0.2) is 0 Å². The summed E-state index contributed by atoms with van der Waals surface area (Å²) in [5.74, 6) is 0. The van der Waals surface area contributed by atoms with Gasteiger partial charge in [-0.25, -0.2) is 0 Å². The third-order valence-electron chi connectivity index (χ3n) is 3.87.